The standard InChI is InChI=1S/C18H37N3O2S.HI/c1-5-19-17(21-14-15-24(22,23)18(2,3)4)20-13-9-8-12-16-10-6-7-11-16;/h16H,5-15H2,1-4H3,(H2,19,20,21);1H. The maximum atomic E-state index is 12.1. The summed E-state index contributed by atoms with van der Waals surface area (Å²) in [6.07, 6.45) is 9.33. The Morgan fingerprint density at radius 1 is 1.12 bits per heavy atom. The summed E-state index contributed by atoms with van der Waals surface area (Å²) in [5, 5.41) is 6.32. The number of rotatable bonds is 9. The van der Waals surface area contributed by atoms with Crippen molar-refractivity contribution in [3.8, 4) is 0 Å². The van der Waals surface area contributed by atoms with Crippen LogP contribution in [0.1, 0.15) is 72.6 Å². The zero-order valence-corrected chi connectivity index (χ0v) is 19.6. The maximum absolute atomic E-state index is 12.1. The van der Waals surface area contributed by atoms with E-state index in [0.29, 0.717) is 6.54 Å². The predicted octanol–water partition coefficient (Wildman–Crippen LogP) is 3.73. The molecular weight excluding hydrogens is 449 g/mol. The van der Waals surface area contributed by atoms with Gasteiger partial charge in [-0.25, -0.2) is 8.42 Å². The molecule has 1 rings (SSSR count). The molecule has 0 bridgehead atoms. The largest absolute Gasteiger partial charge is 0.357 e. The maximum Gasteiger partial charge on any atom is 0.191 e. The molecule has 7 heteroatoms. The van der Waals surface area contributed by atoms with Gasteiger partial charge in [-0.1, -0.05) is 38.5 Å². The zero-order valence-electron chi connectivity index (χ0n) is 16.4. The predicted molar refractivity (Wildman–Crippen MR) is 119 cm³/mol. The van der Waals surface area contributed by atoms with Gasteiger partial charge in [-0.3, -0.25) is 4.99 Å². The fourth-order valence-electron chi connectivity index (χ4n) is 2.99. The lowest BCUT2D eigenvalue weighted by Crippen LogP contribution is -2.41. The minimum atomic E-state index is -3.09. The number of hydrogen-bond donors (Lipinski definition) is 2. The second kappa shape index (κ2) is 12.4. The number of unbranched alkanes of at least 4 members (excludes halogenated alkanes) is 1. The highest BCUT2D eigenvalue weighted by atomic mass is 127. The highest BCUT2D eigenvalue weighted by Gasteiger charge is 2.28. The van der Waals surface area contributed by atoms with Crippen molar-refractivity contribution in [3.63, 3.8) is 0 Å². The monoisotopic (exact) mass is 487 g/mol. The van der Waals surface area contributed by atoms with E-state index in [2.05, 4.69) is 15.6 Å². The molecule has 25 heavy (non-hydrogen) atoms. The van der Waals surface area contributed by atoms with Crippen molar-refractivity contribution in [2.45, 2.75) is 77.4 Å². The second-order valence-corrected chi connectivity index (χ2v) is 10.6. The molecule has 0 unspecified atom stereocenters. The van der Waals surface area contributed by atoms with Crippen LogP contribution in [0, 0.1) is 5.92 Å². The molecule has 150 valence electrons. The number of aliphatic imine (C=N–C) groups is 1. The molecule has 0 aromatic rings. The van der Waals surface area contributed by atoms with Crippen molar-refractivity contribution in [2.75, 3.05) is 25.4 Å². The lowest BCUT2D eigenvalue weighted by molar-refractivity contribution is 0.475. The molecule has 1 fully saturated rings. The minimum absolute atomic E-state index is 0. The van der Waals surface area contributed by atoms with Crippen LogP contribution in [0.5, 0.6) is 0 Å². The first kappa shape index (κ1) is 24.9. The van der Waals surface area contributed by atoms with Crippen molar-refractivity contribution in [1.29, 1.82) is 0 Å². The van der Waals surface area contributed by atoms with Crippen molar-refractivity contribution < 1.29 is 8.42 Å². The van der Waals surface area contributed by atoms with Gasteiger partial charge in [0.25, 0.3) is 0 Å². The van der Waals surface area contributed by atoms with Crippen molar-refractivity contribution in [2.24, 2.45) is 10.9 Å². The highest BCUT2D eigenvalue weighted by Crippen LogP contribution is 2.28. The Labute approximate surface area is 172 Å². The molecule has 0 amide bonds. The Morgan fingerprint density at radius 3 is 2.32 bits per heavy atom. The number of nitrogens with one attached hydrogen (secondary N) is 2. The van der Waals surface area contributed by atoms with Crippen LogP contribution in [-0.2, 0) is 9.84 Å². The topological polar surface area (TPSA) is 70.6 Å². The van der Waals surface area contributed by atoms with E-state index in [0.717, 1.165) is 31.4 Å². The van der Waals surface area contributed by atoms with Crippen LogP contribution in [0.25, 0.3) is 0 Å². The Hall–Kier alpha value is -0.0500. The summed E-state index contributed by atoms with van der Waals surface area (Å²) in [6, 6.07) is 0. The van der Waals surface area contributed by atoms with Gasteiger partial charge in [0.2, 0.25) is 0 Å². The zero-order chi connectivity index (χ0) is 18.1. The number of nitrogens with zero attached hydrogens (tertiary/aromatic N) is 1. The molecule has 0 spiro atoms. The van der Waals surface area contributed by atoms with Crippen LogP contribution in [0.2, 0.25) is 0 Å². The first-order chi connectivity index (χ1) is 11.3. The molecule has 1 aliphatic rings. The normalized spacial score (nSPS) is 16.6. The van der Waals surface area contributed by atoms with Gasteiger partial charge in [0.1, 0.15) is 0 Å². The summed E-state index contributed by atoms with van der Waals surface area (Å²) < 4.78 is 23.5. The molecule has 0 heterocycles. The molecule has 0 aromatic heterocycles. The summed E-state index contributed by atoms with van der Waals surface area (Å²) in [4.78, 5) is 4.56. The van der Waals surface area contributed by atoms with Crippen molar-refractivity contribution >= 4 is 39.8 Å². The van der Waals surface area contributed by atoms with Crippen molar-refractivity contribution in [1.82, 2.24) is 10.6 Å². The first-order valence-corrected chi connectivity index (χ1v) is 11.2. The molecule has 0 aromatic carbocycles. The van der Waals surface area contributed by atoms with Gasteiger partial charge in [-0.2, -0.15) is 0 Å². The third kappa shape index (κ3) is 10.0. The summed E-state index contributed by atoms with van der Waals surface area (Å²) >= 11 is 0. The summed E-state index contributed by atoms with van der Waals surface area (Å²) in [5.74, 6) is 1.80. The van der Waals surface area contributed by atoms with E-state index < -0.39 is 14.6 Å². The van der Waals surface area contributed by atoms with Crippen LogP contribution in [-0.4, -0.2) is 44.5 Å². The van der Waals surface area contributed by atoms with Crippen molar-refractivity contribution in [3.05, 3.63) is 0 Å². The molecule has 2 N–H and O–H groups in total. The van der Waals surface area contributed by atoms with Gasteiger partial charge in [-0.15, -0.1) is 24.0 Å². The third-order valence-electron chi connectivity index (χ3n) is 4.71. The van der Waals surface area contributed by atoms with Crippen LogP contribution in [0.15, 0.2) is 4.99 Å². The van der Waals surface area contributed by atoms with Gasteiger partial charge in [0.15, 0.2) is 15.8 Å². The summed E-state index contributed by atoms with van der Waals surface area (Å²) in [5.41, 5.74) is 0. The van der Waals surface area contributed by atoms with E-state index in [-0.39, 0.29) is 29.7 Å². The average Bonchev–Trinajstić information content (AvgIpc) is 2.98. The Morgan fingerprint density at radius 2 is 1.76 bits per heavy atom. The number of guanidine groups is 1. The third-order valence-corrected chi connectivity index (χ3v) is 7.31. The van der Waals surface area contributed by atoms with Crippen LogP contribution >= 0.6 is 24.0 Å². The molecule has 1 saturated carbocycles. The smallest absolute Gasteiger partial charge is 0.191 e. The first-order valence-electron chi connectivity index (χ1n) is 9.50. The van der Waals surface area contributed by atoms with E-state index >= 15 is 0 Å². The molecule has 0 aliphatic heterocycles. The number of halogens is 1. The molecule has 0 radical (unpaired) electrons. The SMILES string of the molecule is CCNC(=NCCCCC1CCCC1)NCCS(=O)(=O)C(C)(C)C.I. The number of sulfone groups is 1. The van der Waals surface area contributed by atoms with Gasteiger partial charge < -0.3 is 10.6 Å². The Balaban J connectivity index is 0.00000576. The molecule has 1 aliphatic carbocycles. The fraction of sp³-hybridized carbons (Fsp3) is 0.944. The quantitative estimate of drug-likeness (QED) is 0.225. The molecule has 5 nitrogen and oxygen atoms in total. The highest BCUT2D eigenvalue weighted by molar-refractivity contribution is 14.0. The second-order valence-electron chi connectivity index (χ2n) is 7.76. The summed E-state index contributed by atoms with van der Waals surface area (Å²) in [7, 11) is -3.09. The van der Waals surface area contributed by atoms with E-state index in [4.69, 9.17) is 0 Å². The Bertz CT molecular complexity index is 481. The lowest BCUT2D eigenvalue weighted by Gasteiger charge is -2.19. The molecular formula is C18H38IN3O2S. The average molecular weight is 487 g/mol. The minimum Gasteiger partial charge on any atom is -0.357 e. The Kier molecular flexibility index (Phi) is 12.3. The molecule has 0 atom stereocenters. The van der Waals surface area contributed by atoms with E-state index in [1.165, 1.54) is 38.5 Å². The van der Waals surface area contributed by atoms with Crippen LogP contribution < -0.4 is 10.6 Å². The summed E-state index contributed by atoms with van der Waals surface area (Å²) in [6.45, 7) is 9.22. The van der Waals surface area contributed by atoms with Crippen LogP contribution in [0.3, 0.4) is 0 Å². The van der Waals surface area contributed by atoms with Gasteiger partial charge in [0.05, 0.1) is 10.5 Å². The fourth-order valence-corrected chi connectivity index (χ4v) is 3.97. The van der Waals surface area contributed by atoms with E-state index in [1.807, 2.05) is 6.92 Å². The van der Waals surface area contributed by atoms with E-state index in [1.54, 1.807) is 20.8 Å². The van der Waals surface area contributed by atoms with E-state index in [9.17, 15) is 8.42 Å². The molecule has 0 saturated heterocycles. The lowest BCUT2D eigenvalue weighted by atomic mass is 10.0. The number of hydrogen-bond acceptors (Lipinski definition) is 3. The van der Waals surface area contributed by atoms with Crippen LogP contribution in [0.4, 0.5) is 0 Å². The van der Waals surface area contributed by atoms with Gasteiger partial charge in [0, 0.05) is 19.6 Å². The van der Waals surface area contributed by atoms with Gasteiger partial charge >= 0.3 is 0 Å². The van der Waals surface area contributed by atoms with Gasteiger partial charge in [-0.05, 0) is 40.0 Å².